The molecule has 12 nitrogen and oxygen atoms in total. The zero-order valence-corrected chi connectivity index (χ0v) is 22.1. The van der Waals surface area contributed by atoms with E-state index in [1.165, 1.54) is 26.0 Å². The first-order valence-corrected chi connectivity index (χ1v) is 13.2. The minimum absolute atomic E-state index is 0.0667. The fourth-order valence-electron chi connectivity index (χ4n) is 3.37. The molecule has 1 aliphatic rings. The number of halogens is 2. The molecule has 15 heteroatoms. The highest BCUT2D eigenvalue weighted by atomic mass is 35.5. The Balaban J connectivity index is 1.82. The summed E-state index contributed by atoms with van der Waals surface area (Å²) in [7, 11) is -4.35. The van der Waals surface area contributed by atoms with Crippen molar-refractivity contribution in [2.75, 3.05) is 6.61 Å². The van der Waals surface area contributed by atoms with E-state index < -0.39 is 67.3 Å². The van der Waals surface area contributed by atoms with Gasteiger partial charge in [0.15, 0.2) is 6.23 Å². The van der Waals surface area contributed by atoms with Gasteiger partial charge in [-0.3, -0.25) is 23.7 Å². The van der Waals surface area contributed by atoms with Crippen LogP contribution in [0.3, 0.4) is 0 Å². The average Bonchev–Trinajstić information content (AvgIpc) is 3.03. The Hall–Kier alpha value is -2.54. The number of hydrogen-bond acceptors (Lipinski definition) is 9. The molecule has 0 bridgehead atoms. The Kier molecular flexibility index (Phi) is 8.99. The number of aliphatic hydroxyl groups is 1. The van der Waals surface area contributed by atoms with Crippen molar-refractivity contribution in [2.24, 2.45) is 0 Å². The number of alkyl halides is 2. The number of aromatic nitrogens is 2. The van der Waals surface area contributed by atoms with Crippen LogP contribution in [0, 0.1) is 6.92 Å². The number of rotatable bonds is 10. The van der Waals surface area contributed by atoms with Gasteiger partial charge in [-0.15, -0.1) is 0 Å². The molecule has 0 radical (unpaired) electrons. The van der Waals surface area contributed by atoms with E-state index in [0.717, 1.165) is 6.20 Å². The summed E-state index contributed by atoms with van der Waals surface area (Å²) >= 11 is 5.91. The smallest absolute Gasteiger partial charge is 0.459 e. The zero-order chi connectivity index (χ0) is 27.5. The van der Waals surface area contributed by atoms with Crippen LogP contribution in [-0.4, -0.2) is 56.7 Å². The zero-order valence-electron chi connectivity index (χ0n) is 20.4. The number of nitrogens with zero attached hydrogens (tertiary/aromatic N) is 1. The molecule has 6 atom stereocenters. The van der Waals surface area contributed by atoms with Crippen LogP contribution in [0.25, 0.3) is 0 Å². The van der Waals surface area contributed by atoms with Crippen molar-refractivity contribution in [1.82, 2.24) is 14.6 Å². The predicted molar refractivity (Wildman–Crippen MR) is 130 cm³/mol. The first-order chi connectivity index (χ1) is 17.2. The van der Waals surface area contributed by atoms with Crippen molar-refractivity contribution >= 4 is 25.3 Å². The lowest BCUT2D eigenvalue weighted by Gasteiger charge is -2.25. The maximum atomic E-state index is 15.3. The van der Waals surface area contributed by atoms with Crippen LogP contribution in [0.2, 0.25) is 0 Å². The highest BCUT2D eigenvalue weighted by Crippen LogP contribution is 2.48. The third-order valence-electron chi connectivity index (χ3n) is 5.21. The number of carbonyl (C=O) groups is 1. The molecule has 0 saturated carbocycles. The van der Waals surface area contributed by atoms with Crippen LogP contribution in [-0.2, 0) is 23.4 Å². The van der Waals surface area contributed by atoms with E-state index in [9.17, 15) is 24.1 Å². The van der Waals surface area contributed by atoms with Crippen LogP contribution in [0.4, 0.5) is 4.39 Å². The van der Waals surface area contributed by atoms with Gasteiger partial charge in [0.05, 0.1) is 12.7 Å². The summed E-state index contributed by atoms with van der Waals surface area (Å²) in [6, 6.07) is 6.75. The molecule has 1 aliphatic heterocycles. The van der Waals surface area contributed by atoms with Gasteiger partial charge in [0.2, 0.25) is 0 Å². The monoisotopic (exact) mass is 563 g/mol. The number of aryl methyl sites for hydroxylation is 1. The van der Waals surface area contributed by atoms with E-state index in [-0.39, 0.29) is 11.3 Å². The number of ether oxygens (including phenoxy) is 2. The SMILES string of the molecule is Cc1cn(C2O[C@H](COP(=O)(N[C@@H](C)C(=O)OC(C)C)Oc3ccccc3)[C@@H](O)[C@]2(F)Cl)c(=O)[nH]c1=O. The molecule has 0 amide bonds. The Morgan fingerprint density at radius 2 is 1.97 bits per heavy atom. The van der Waals surface area contributed by atoms with Gasteiger partial charge in [-0.1, -0.05) is 29.8 Å². The van der Waals surface area contributed by atoms with Gasteiger partial charge >= 0.3 is 19.4 Å². The quantitative estimate of drug-likeness (QED) is 0.222. The number of hydrogen-bond donors (Lipinski definition) is 3. The van der Waals surface area contributed by atoms with Gasteiger partial charge < -0.3 is 19.1 Å². The minimum Gasteiger partial charge on any atom is -0.462 e. The van der Waals surface area contributed by atoms with Gasteiger partial charge in [-0.25, -0.2) is 13.8 Å². The number of H-pyrrole nitrogens is 1. The van der Waals surface area contributed by atoms with Crippen LogP contribution in [0.15, 0.2) is 46.1 Å². The molecule has 0 aliphatic carbocycles. The number of nitrogens with one attached hydrogen (secondary N) is 2. The molecule has 3 rings (SSSR count). The fraction of sp³-hybridized carbons (Fsp3) is 0.500. The van der Waals surface area contributed by atoms with Crippen molar-refractivity contribution in [2.45, 2.75) is 63.4 Å². The molecule has 3 N–H and O–H groups in total. The third kappa shape index (κ3) is 6.86. The van der Waals surface area contributed by atoms with Crippen LogP contribution >= 0.6 is 19.3 Å². The minimum atomic E-state index is -4.35. The van der Waals surface area contributed by atoms with Crippen molar-refractivity contribution in [3.8, 4) is 5.75 Å². The van der Waals surface area contributed by atoms with E-state index in [4.69, 9.17) is 30.1 Å². The summed E-state index contributed by atoms with van der Waals surface area (Å²) in [5, 5.41) is 9.93. The molecule has 204 valence electrons. The van der Waals surface area contributed by atoms with E-state index in [0.29, 0.717) is 4.57 Å². The highest BCUT2D eigenvalue weighted by molar-refractivity contribution is 7.52. The maximum Gasteiger partial charge on any atom is 0.459 e. The molecule has 1 aromatic carbocycles. The summed E-state index contributed by atoms with van der Waals surface area (Å²) in [5.41, 5.74) is -1.64. The molecule has 1 saturated heterocycles. The van der Waals surface area contributed by atoms with E-state index in [2.05, 4.69) is 5.09 Å². The maximum absolute atomic E-state index is 15.3. The summed E-state index contributed by atoms with van der Waals surface area (Å²) in [4.78, 5) is 38.2. The topological polar surface area (TPSA) is 158 Å². The summed E-state index contributed by atoms with van der Waals surface area (Å²) < 4.78 is 51.1. The second kappa shape index (κ2) is 11.5. The van der Waals surface area contributed by atoms with Gasteiger partial charge in [0.25, 0.3) is 10.7 Å². The Labute approximate surface area is 216 Å². The lowest BCUT2D eigenvalue weighted by atomic mass is 10.1. The van der Waals surface area contributed by atoms with E-state index >= 15 is 4.39 Å². The number of para-hydroxylation sites is 1. The second-order valence-corrected chi connectivity index (χ2v) is 10.9. The van der Waals surface area contributed by atoms with E-state index in [1.807, 2.05) is 4.98 Å². The number of aromatic amines is 1. The van der Waals surface area contributed by atoms with Crippen LogP contribution in [0.5, 0.6) is 5.75 Å². The molecule has 2 unspecified atom stereocenters. The summed E-state index contributed by atoms with van der Waals surface area (Å²) in [6.07, 6.45) is -4.84. The van der Waals surface area contributed by atoms with Gasteiger partial charge in [-0.2, -0.15) is 5.09 Å². The molecule has 2 heterocycles. The molecule has 2 aromatic rings. The predicted octanol–water partition coefficient (Wildman–Crippen LogP) is 2.14. The van der Waals surface area contributed by atoms with Crippen molar-refractivity contribution in [1.29, 1.82) is 0 Å². The molecular weight excluding hydrogens is 536 g/mol. The third-order valence-corrected chi connectivity index (χ3v) is 7.27. The fourth-order valence-corrected chi connectivity index (χ4v) is 5.17. The molecular formula is C22H28ClFN3O9P. The Morgan fingerprint density at radius 3 is 2.59 bits per heavy atom. The van der Waals surface area contributed by atoms with Crippen molar-refractivity contribution < 1.29 is 37.4 Å². The largest absolute Gasteiger partial charge is 0.462 e. The van der Waals surface area contributed by atoms with Crippen LogP contribution in [0.1, 0.15) is 32.6 Å². The lowest BCUT2D eigenvalue weighted by Crippen LogP contribution is -2.42. The average molecular weight is 564 g/mol. The normalized spacial score (nSPS) is 26.0. The first kappa shape index (κ1) is 29.0. The Bertz CT molecular complexity index is 1270. The first-order valence-electron chi connectivity index (χ1n) is 11.2. The Morgan fingerprint density at radius 1 is 1.32 bits per heavy atom. The second-order valence-electron chi connectivity index (χ2n) is 8.66. The van der Waals surface area contributed by atoms with Crippen molar-refractivity contribution in [3.63, 3.8) is 0 Å². The van der Waals surface area contributed by atoms with Gasteiger partial charge in [0.1, 0.15) is 24.0 Å². The van der Waals surface area contributed by atoms with Crippen molar-refractivity contribution in [3.05, 3.63) is 62.9 Å². The standard InChI is InChI=1S/C22H28ClFN3O9P/c1-12(2)34-19(30)14(4)26-37(32,36-15-8-6-5-7-9-15)33-11-16-17(28)22(23,24)20(35-16)27-10-13(3)18(29)25-21(27)31/h5-10,12,14,16-17,20,28H,11H2,1-4H3,(H,26,32)(H,25,29,31)/t14-,16+,17+,20?,22+,37?/m0/s1. The number of esters is 1. The summed E-state index contributed by atoms with van der Waals surface area (Å²) in [5.74, 6) is -0.606. The van der Waals surface area contributed by atoms with Crippen LogP contribution < -0.4 is 20.9 Å². The molecule has 1 aromatic heterocycles. The molecule has 1 fully saturated rings. The summed E-state index contributed by atoms with van der Waals surface area (Å²) in [6.45, 7) is 5.31. The van der Waals surface area contributed by atoms with Gasteiger partial charge in [-0.05, 0) is 39.8 Å². The number of carbonyl (C=O) groups excluding carboxylic acids is 1. The molecule has 37 heavy (non-hydrogen) atoms. The number of benzene rings is 1. The highest BCUT2D eigenvalue weighted by Gasteiger charge is 2.58. The van der Waals surface area contributed by atoms with E-state index in [1.54, 1.807) is 32.0 Å². The molecule has 0 spiro atoms. The van der Waals surface area contributed by atoms with Gasteiger partial charge in [0, 0.05) is 11.8 Å². The number of aliphatic hydroxyl groups excluding tert-OH is 1. The lowest BCUT2D eigenvalue weighted by molar-refractivity contribution is -0.149.